The summed E-state index contributed by atoms with van der Waals surface area (Å²) in [5.74, 6) is 0.759. The number of hydrazone groups is 1. The zero-order valence-corrected chi connectivity index (χ0v) is 12.3. The van der Waals surface area contributed by atoms with Gasteiger partial charge in [-0.2, -0.15) is 10.4 Å². The molecule has 0 aliphatic carbocycles. The van der Waals surface area contributed by atoms with Crippen LogP contribution in [0.25, 0.3) is 0 Å². The number of rotatable bonds is 7. The predicted molar refractivity (Wildman–Crippen MR) is 85.2 cm³/mol. The Kier molecular flexibility index (Phi) is 6.17. The first kappa shape index (κ1) is 16.0. The second kappa shape index (κ2) is 8.85. The molecule has 0 aromatic heterocycles. The van der Waals surface area contributed by atoms with E-state index in [2.05, 4.69) is 10.5 Å². The van der Waals surface area contributed by atoms with E-state index in [-0.39, 0.29) is 19.1 Å². The van der Waals surface area contributed by atoms with Crippen LogP contribution in [0.3, 0.4) is 0 Å². The van der Waals surface area contributed by atoms with E-state index in [9.17, 15) is 4.79 Å². The highest BCUT2D eigenvalue weighted by molar-refractivity contribution is 5.85. The van der Waals surface area contributed by atoms with E-state index in [1.165, 1.54) is 6.21 Å². The molecule has 2 aromatic carbocycles. The molecule has 0 fully saturated rings. The van der Waals surface area contributed by atoms with E-state index in [1.807, 2.05) is 24.3 Å². The highest BCUT2D eigenvalue weighted by Gasteiger charge is 2.02. The molecule has 0 aliphatic heterocycles. The normalized spacial score (nSPS) is 10.0. The van der Waals surface area contributed by atoms with E-state index in [1.54, 1.807) is 36.4 Å². The number of ether oxygens (including phenoxy) is 2. The second-order valence-electron chi connectivity index (χ2n) is 4.38. The average molecular weight is 309 g/mol. The number of amides is 1. The Morgan fingerprint density at radius 1 is 1.13 bits per heavy atom. The largest absolute Gasteiger partial charge is 0.484 e. The number of nitrogens with one attached hydrogen (secondary N) is 1. The summed E-state index contributed by atoms with van der Waals surface area (Å²) in [6, 6.07) is 18.0. The van der Waals surface area contributed by atoms with Gasteiger partial charge in [-0.05, 0) is 24.3 Å². The van der Waals surface area contributed by atoms with Gasteiger partial charge in [0.15, 0.2) is 13.2 Å². The standard InChI is InChI=1S/C17H15N3O3/c18-10-11-22-16-9-5-4-6-14(16)12-19-20-17(21)13-23-15-7-2-1-3-8-15/h1-9,12H,11,13H2,(H,20,21)/b19-12-. The summed E-state index contributed by atoms with van der Waals surface area (Å²) in [6.07, 6.45) is 1.45. The summed E-state index contributed by atoms with van der Waals surface area (Å²) in [4.78, 5) is 11.6. The number of para-hydroxylation sites is 2. The van der Waals surface area contributed by atoms with E-state index < -0.39 is 0 Å². The van der Waals surface area contributed by atoms with Crippen LogP contribution in [-0.4, -0.2) is 25.3 Å². The number of benzene rings is 2. The first-order valence-corrected chi connectivity index (χ1v) is 6.88. The molecule has 0 saturated heterocycles. The van der Waals surface area contributed by atoms with Gasteiger partial charge in [-0.1, -0.05) is 30.3 Å². The van der Waals surface area contributed by atoms with Crippen molar-refractivity contribution in [1.29, 1.82) is 5.26 Å². The summed E-state index contributed by atoms with van der Waals surface area (Å²) >= 11 is 0. The number of carbonyl (C=O) groups is 1. The summed E-state index contributed by atoms with van der Waals surface area (Å²) in [6.45, 7) is -0.184. The summed E-state index contributed by atoms with van der Waals surface area (Å²) < 4.78 is 10.6. The number of nitriles is 1. The van der Waals surface area contributed by atoms with E-state index in [0.29, 0.717) is 17.1 Å². The molecular formula is C17H15N3O3. The van der Waals surface area contributed by atoms with Crippen LogP contribution in [0.1, 0.15) is 5.56 Å². The molecule has 0 radical (unpaired) electrons. The smallest absolute Gasteiger partial charge is 0.277 e. The van der Waals surface area contributed by atoms with Crippen molar-refractivity contribution < 1.29 is 14.3 Å². The Hall–Kier alpha value is -3.33. The maximum absolute atomic E-state index is 11.6. The van der Waals surface area contributed by atoms with Crippen molar-refractivity contribution in [3.63, 3.8) is 0 Å². The minimum absolute atomic E-state index is 0.0534. The van der Waals surface area contributed by atoms with Crippen molar-refractivity contribution in [2.24, 2.45) is 5.10 Å². The Morgan fingerprint density at radius 2 is 1.87 bits per heavy atom. The fourth-order valence-electron chi connectivity index (χ4n) is 1.70. The van der Waals surface area contributed by atoms with Gasteiger partial charge in [0, 0.05) is 5.56 Å². The lowest BCUT2D eigenvalue weighted by Crippen LogP contribution is -2.24. The predicted octanol–water partition coefficient (Wildman–Crippen LogP) is 2.12. The van der Waals surface area contributed by atoms with Crippen molar-refractivity contribution in [3.05, 3.63) is 60.2 Å². The summed E-state index contributed by atoms with van der Waals surface area (Å²) in [5.41, 5.74) is 3.03. The molecule has 0 heterocycles. The van der Waals surface area contributed by atoms with Crippen molar-refractivity contribution in [2.75, 3.05) is 13.2 Å². The zero-order chi connectivity index (χ0) is 16.3. The van der Waals surface area contributed by atoms with Crippen LogP contribution >= 0.6 is 0 Å². The maximum atomic E-state index is 11.6. The van der Waals surface area contributed by atoms with Crippen LogP contribution in [-0.2, 0) is 4.79 Å². The first-order valence-electron chi connectivity index (χ1n) is 6.88. The summed E-state index contributed by atoms with van der Waals surface area (Å²) in [5, 5.41) is 12.4. The van der Waals surface area contributed by atoms with E-state index in [0.717, 1.165) is 0 Å². The Bertz CT molecular complexity index is 709. The average Bonchev–Trinajstić information content (AvgIpc) is 2.60. The Morgan fingerprint density at radius 3 is 2.65 bits per heavy atom. The lowest BCUT2D eigenvalue weighted by Gasteiger charge is -2.05. The number of hydrogen-bond acceptors (Lipinski definition) is 5. The molecule has 116 valence electrons. The van der Waals surface area contributed by atoms with Crippen LogP contribution in [0.4, 0.5) is 0 Å². The van der Waals surface area contributed by atoms with Crippen LogP contribution < -0.4 is 14.9 Å². The topological polar surface area (TPSA) is 83.7 Å². The fraction of sp³-hybridized carbons (Fsp3) is 0.118. The van der Waals surface area contributed by atoms with Crippen molar-refractivity contribution in [3.8, 4) is 17.6 Å². The molecule has 0 atom stereocenters. The molecule has 1 N–H and O–H groups in total. The molecule has 0 spiro atoms. The third-order valence-electron chi connectivity index (χ3n) is 2.72. The summed E-state index contributed by atoms with van der Waals surface area (Å²) in [7, 11) is 0. The molecule has 6 heteroatoms. The van der Waals surface area contributed by atoms with Gasteiger partial charge >= 0.3 is 0 Å². The van der Waals surface area contributed by atoms with Crippen molar-refractivity contribution >= 4 is 12.1 Å². The van der Waals surface area contributed by atoms with Gasteiger partial charge in [0.25, 0.3) is 5.91 Å². The van der Waals surface area contributed by atoms with Crippen molar-refractivity contribution in [1.82, 2.24) is 5.43 Å². The SMILES string of the molecule is N#CCOc1ccccc1/C=N\NC(=O)COc1ccccc1. The number of nitrogens with zero attached hydrogens (tertiary/aromatic N) is 2. The molecule has 6 nitrogen and oxygen atoms in total. The van der Waals surface area contributed by atoms with Crippen LogP contribution in [0.2, 0.25) is 0 Å². The first-order chi connectivity index (χ1) is 11.3. The van der Waals surface area contributed by atoms with Gasteiger partial charge in [-0.15, -0.1) is 0 Å². The molecule has 2 rings (SSSR count). The Balaban J connectivity index is 1.84. The van der Waals surface area contributed by atoms with E-state index in [4.69, 9.17) is 14.7 Å². The lowest BCUT2D eigenvalue weighted by molar-refractivity contribution is -0.123. The lowest BCUT2D eigenvalue weighted by atomic mass is 10.2. The molecule has 0 aliphatic rings. The Labute approximate surface area is 134 Å². The fourth-order valence-corrected chi connectivity index (χ4v) is 1.70. The zero-order valence-electron chi connectivity index (χ0n) is 12.3. The molecule has 1 amide bonds. The molecule has 0 unspecified atom stereocenters. The third-order valence-corrected chi connectivity index (χ3v) is 2.72. The minimum Gasteiger partial charge on any atom is -0.484 e. The molecular weight excluding hydrogens is 294 g/mol. The van der Waals surface area contributed by atoms with Gasteiger partial charge in [-0.3, -0.25) is 4.79 Å². The van der Waals surface area contributed by atoms with Gasteiger partial charge in [0.1, 0.15) is 17.6 Å². The molecule has 0 saturated carbocycles. The van der Waals surface area contributed by atoms with Crippen LogP contribution in [0.5, 0.6) is 11.5 Å². The van der Waals surface area contributed by atoms with Crippen molar-refractivity contribution in [2.45, 2.75) is 0 Å². The van der Waals surface area contributed by atoms with Gasteiger partial charge in [-0.25, -0.2) is 5.43 Å². The van der Waals surface area contributed by atoms with E-state index >= 15 is 0 Å². The molecule has 0 bridgehead atoms. The second-order valence-corrected chi connectivity index (χ2v) is 4.38. The highest BCUT2D eigenvalue weighted by Crippen LogP contribution is 2.15. The molecule has 23 heavy (non-hydrogen) atoms. The van der Waals surface area contributed by atoms with Crippen LogP contribution in [0, 0.1) is 11.3 Å². The van der Waals surface area contributed by atoms with Gasteiger partial charge < -0.3 is 9.47 Å². The third kappa shape index (κ3) is 5.52. The monoisotopic (exact) mass is 309 g/mol. The number of hydrogen-bond donors (Lipinski definition) is 1. The number of carbonyl (C=O) groups excluding carboxylic acids is 1. The van der Waals surface area contributed by atoms with Gasteiger partial charge in [0.05, 0.1) is 6.21 Å². The molecule has 2 aromatic rings. The van der Waals surface area contributed by atoms with Crippen LogP contribution in [0.15, 0.2) is 59.7 Å². The minimum atomic E-state index is -0.375. The quantitative estimate of drug-likeness (QED) is 0.627. The highest BCUT2D eigenvalue weighted by atomic mass is 16.5. The maximum Gasteiger partial charge on any atom is 0.277 e. The van der Waals surface area contributed by atoms with Gasteiger partial charge in [0.2, 0.25) is 0 Å².